The second kappa shape index (κ2) is 11.7. The SMILES string of the molecule is CCCCCCCC(=O)Nc1nc(=O)n([C@@H]2O[C@H](O)[C@@H](OC(C)=O)[C@H]2OC(C)=O)cc1F. The van der Waals surface area contributed by atoms with E-state index in [0.717, 1.165) is 39.5 Å². The van der Waals surface area contributed by atoms with Crippen LogP contribution >= 0.6 is 0 Å². The van der Waals surface area contributed by atoms with Gasteiger partial charge in [0.25, 0.3) is 0 Å². The summed E-state index contributed by atoms with van der Waals surface area (Å²) >= 11 is 0. The zero-order valence-electron chi connectivity index (χ0n) is 18.2. The number of esters is 2. The summed E-state index contributed by atoms with van der Waals surface area (Å²) in [5.41, 5.74) is -1.04. The molecule has 0 saturated carbocycles. The monoisotopic (exact) mass is 457 g/mol. The van der Waals surface area contributed by atoms with Gasteiger partial charge in [0.1, 0.15) is 0 Å². The summed E-state index contributed by atoms with van der Waals surface area (Å²) in [4.78, 5) is 50.8. The summed E-state index contributed by atoms with van der Waals surface area (Å²) in [7, 11) is 0. The molecule has 1 aromatic rings. The number of aliphatic hydroxyl groups excluding tert-OH is 1. The van der Waals surface area contributed by atoms with Crippen molar-refractivity contribution in [2.75, 3.05) is 5.32 Å². The molecule has 4 atom stereocenters. The second-order valence-electron chi connectivity index (χ2n) is 7.40. The van der Waals surface area contributed by atoms with Gasteiger partial charge in [-0.2, -0.15) is 4.98 Å². The molecular weight excluding hydrogens is 429 g/mol. The molecule has 0 bridgehead atoms. The predicted octanol–water partition coefficient (Wildman–Crippen LogP) is 1.39. The number of anilines is 1. The lowest BCUT2D eigenvalue weighted by Gasteiger charge is -2.23. The highest BCUT2D eigenvalue weighted by molar-refractivity contribution is 5.89. The van der Waals surface area contributed by atoms with E-state index in [1.807, 2.05) is 0 Å². The molecule has 178 valence electrons. The van der Waals surface area contributed by atoms with Crippen LogP contribution in [0.5, 0.6) is 0 Å². The maximum Gasteiger partial charge on any atom is 0.351 e. The molecule has 1 aliphatic rings. The molecule has 2 heterocycles. The minimum atomic E-state index is -1.74. The van der Waals surface area contributed by atoms with E-state index in [0.29, 0.717) is 17.2 Å². The fraction of sp³-hybridized carbons (Fsp3) is 0.650. The standard InChI is InChI=1S/C20H28FN3O8/c1-4-5-6-7-8-9-14(27)22-17-13(21)10-24(20(29)23-17)18-15(30-11(2)25)16(19(28)32-18)31-12(3)26/h10,15-16,18-19,28H,4-9H2,1-3H3,(H,22,23,27,29)/t15-,16+,18-,19+/m1/s1. The Balaban J connectivity index is 2.17. The average Bonchev–Trinajstić information content (AvgIpc) is 2.98. The van der Waals surface area contributed by atoms with E-state index in [4.69, 9.17) is 14.2 Å². The van der Waals surface area contributed by atoms with E-state index in [1.165, 1.54) is 0 Å². The molecule has 0 aromatic carbocycles. The molecule has 1 aromatic heterocycles. The molecule has 1 aliphatic heterocycles. The van der Waals surface area contributed by atoms with Gasteiger partial charge in [0.2, 0.25) is 5.91 Å². The summed E-state index contributed by atoms with van der Waals surface area (Å²) in [5, 5.41) is 12.3. The second-order valence-corrected chi connectivity index (χ2v) is 7.40. The normalized spacial score (nSPS) is 22.4. The van der Waals surface area contributed by atoms with E-state index in [9.17, 15) is 28.7 Å². The Bertz CT molecular complexity index is 890. The van der Waals surface area contributed by atoms with E-state index in [-0.39, 0.29) is 6.42 Å². The number of halogens is 1. The molecule has 12 heteroatoms. The number of carbonyl (C=O) groups excluding carboxylic acids is 3. The van der Waals surface area contributed by atoms with Gasteiger partial charge in [-0.15, -0.1) is 0 Å². The van der Waals surface area contributed by atoms with Gasteiger partial charge in [-0.1, -0.05) is 32.6 Å². The van der Waals surface area contributed by atoms with E-state index in [1.54, 1.807) is 0 Å². The summed E-state index contributed by atoms with van der Waals surface area (Å²) < 4.78 is 30.4. The van der Waals surface area contributed by atoms with Crippen LogP contribution in [0, 0.1) is 5.82 Å². The average molecular weight is 457 g/mol. The number of aliphatic hydroxyl groups is 1. The third kappa shape index (κ3) is 6.82. The topological polar surface area (TPSA) is 146 Å². The van der Waals surface area contributed by atoms with Gasteiger partial charge in [-0.05, 0) is 6.42 Å². The number of nitrogens with zero attached hydrogens (tertiary/aromatic N) is 2. The zero-order valence-corrected chi connectivity index (χ0v) is 18.2. The third-order valence-electron chi connectivity index (χ3n) is 4.72. The Morgan fingerprint density at radius 3 is 2.41 bits per heavy atom. The maximum atomic E-state index is 14.6. The summed E-state index contributed by atoms with van der Waals surface area (Å²) in [6.07, 6.45) is -0.650. The van der Waals surface area contributed by atoms with Crippen LogP contribution in [0.25, 0.3) is 0 Å². The molecule has 0 unspecified atom stereocenters. The first-order valence-electron chi connectivity index (χ1n) is 10.4. The lowest BCUT2D eigenvalue weighted by atomic mass is 10.1. The van der Waals surface area contributed by atoms with E-state index >= 15 is 0 Å². The molecule has 0 aliphatic carbocycles. The van der Waals surface area contributed by atoms with E-state index < -0.39 is 59.9 Å². The molecule has 1 amide bonds. The highest BCUT2D eigenvalue weighted by Gasteiger charge is 2.50. The van der Waals surface area contributed by atoms with Crippen molar-refractivity contribution in [3.63, 3.8) is 0 Å². The molecule has 1 fully saturated rings. The van der Waals surface area contributed by atoms with Gasteiger partial charge in [0.15, 0.2) is 36.4 Å². The van der Waals surface area contributed by atoms with Gasteiger partial charge >= 0.3 is 17.6 Å². The van der Waals surface area contributed by atoms with Gasteiger partial charge in [0, 0.05) is 20.3 Å². The van der Waals surface area contributed by atoms with Crippen molar-refractivity contribution >= 4 is 23.7 Å². The largest absolute Gasteiger partial charge is 0.453 e. The van der Waals surface area contributed by atoms with Crippen molar-refractivity contribution < 1.29 is 38.1 Å². The van der Waals surface area contributed by atoms with Crippen molar-refractivity contribution in [1.29, 1.82) is 0 Å². The highest BCUT2D eigenvalue weighted by atomic mass is 19.1. The summed E-state index contributed by atoms with van der Waals surface area (Å²) in [6, 6.07) is 0. The first-order chi connectivity index (χ1) is 15.1. The zero-order chi connectivity index (χ0) is 23.8. The summed E-state index contributed by atoms with van der Waals surface area (Å²) in [5.74, 6) is -3.67. The van der Waals surface area contributed by atoms with Crippen LogP contribution in [0.15, 0.2) is 11.0 Å². The third-order valence-corrected chi connectivity index (χ3v) is 4.72. The van der Waals surface area contributed by atoms with Crippen LogP contribution in [0.2, 0.25) is 0 Å². The highest BCUT2D eigenvalue weighted by Crippen LogP contribution is 2.32. The molecule has 11 nitrogen and oxygen atoms in total. The number of hydrogen-bond donors (Lipinski definition) is 2. The van der Waals surface area contributed by atoms with Crippen molar-refractivity contribution in [3.05, 3.63) is 22.5 Å². The first kappa shape index (κ1) is 25.4. The van der Waals surface area contributed by atoms with Gasteiger partial charge < -0.3 is 24.6 Å². The molecular formula is C20H28FN3O8. The fourth-order valence-corrected chi connectivity index (χ4v) is 3.28. The van der Waals surface area contributed by atoms with Crippen molar-refractivity contribution in [2.45, 2.75) is 84.0 Å². The predicted molar refractivity (Wildman–Crippen MR) is 108 cm³/mol. The van der Waals surface area contributed by atoms with Crippen molar-refractivity contribution in [2.24, 2.45) is 0 Å². The van der Waals surface area contributed by atoms with Crippen LogP contribution in [0.3, 0.4) is 0 Å². The number of unbranched alkanes of at least 4 members (excludes halogenated alkanes) is 4. The minimum absolute atomic E-state index is 0.157. The lowest BCUT2D eigenvalue weighted by Crippen LogP contribution is -2.41. The van der Waals surface area contributed by atoms with Crippen LogP contribution in [0.1, 0.15) is 65.5 Å². The van der Waals surface area contributed by atoms with Gasteiger partial charge in [0.05, 0.1) is 6.20 Å². The van der Waals surface area contributed by atoms with Crippen LogP contribution in [0.4, 0.5) is 10.2 Å². The Morgan fingerprint density at radius 1 is 1.16 bits per heavy atom. The number of carbonyl (C=O) groups is 3. The smallest absolute Gasteiger partial charge is 0.351 e. The Kier molecular flexibility index (Phi) is 9.27. The number of amides is 1. The summed E-state index contributed by atoms with van der Waals surface area (Å²) in [6.45, 7) is 4.21. The van der Waals surface area contributed by atoms with Crippen LogP contribution in [-0.4, -0.2) is 51.0 Å². The molecule has 1 saturated heterocycles. The van der Waals surface area contributed by atoms with Gasteiger partial charge in [-0.3, -0.25) is 19.0 Å². The van der Waals surface area contributed by atoms with Gasteiger partial charge in [-0.25, -0.2) is 9.18 Å². The number of hydrogen-bond acceptors (Lipinski definition) is 9. The quantitative estimate of drug-likeness (QED) is 0.393. The molecule has 32 heavy (non-hydrogen) atoms. The maximum absolute atomic E-state index is 14.6. The van der Waals surface area contributed by atoms with Crippen LogP contribution < -0.4 is 11.0 Å². The number of nitrogens with one attached hydrogen (secondary N) is 1. The first-order valence-corrected chi connectivity index (χ1v) is 10.4. The number of rotatable bonds is 10. The molecule has 2 rings (SSSR count). The number of ether oxygens (including phenoxy) is 3. The lowest BCUT2D eigenvalue weighted by molar-refractivity contribution is -0.174. The molecule has 0 spiro atoms. The van der Waals surface area contributed by atoms with E-state index in [2.05, 4.69) is 17.2 Å². The number of aromatic nitrogens is 2. The Morgan fingerprint density at radius 2 is 1.78 bits per heavy atom. The molecule has 2 N–H and O–H groups in total. The Hall–Kier alpha value is -2.86. The Labute approximate surface area is 183 Å². The fourth-order valence-electron chi connectivity index (χ4n) is 3.28. The minimum Gasteiger partial charge on any atom is -0.453 e. The van der Waals surface area contributed by atoms with Crippen molar-refractivity contribution in [1.82, 2.24) is 9.55 Å². The van der Waals surface area contributed by atoms with Crippen LogP contribution in [-0.2, 0) is 28.6 Å². The van der Waals surface area contributed by atoms with Crippen molar-refractivity contribution in [3.8, 4) is 0 Å². The molecule has 0 radical (unpaired) electrons.